The fourth-order valence-electron chi connectivity index (χ4n) is 1.35. The van der Waals surface area contributed by atoms with Gasteiger partial charge in [0.1, 0.15) is 5.38 Å². The maximum absolute atomic E-state index is 11.3. The van der Waals surface area contributed by atoms with E-state index in [0.29, 0.717) is 0 Å². The van der Waals surface area contributed by atoms with Crippen LogP contribution in [-0.4, -0.2) is 22.9 Å². The number of carbonyl (C=O) groups excluding carboxylic acids is 2. The number of imide groups is 1. The van der Waals surface area contributed by atoms with Crippen LogP contribution in [0, 0.1) is 0 Å². The second-order valence-corrected chi connectivity index (χ2v) is 4.63. The van der Waals surface area contributed by atoms with Crippen LogP contribution < -0.4 is 10.6 Å². The molecule has 0 spiro atoms. The number of carbonyl (C=O) groups is 2. The number of alkyl halides is 1. The van der Waals surface area contributed by atoms with Gasteiger partial charge in [-0.05, 0) is 33.1 Å². The van der Waals surface area contributed by atoms with Gasteiger partial charge in [-0.2, -0.15) is 0 Å². The quantitative estimate of drug-likeness (QED) is 0.688. The molecule has 0 bridgehead atoms. The zero-order chi connectivity index (χ0) is 10.8. The minimum absolute atomic E-state index is 0.139. The van der Waals surface area contributed by atoms with Crippen molar-refractivity contribution in [2.45, 2.75) is 44.0 Å². The summed E-state index contributed by atoms with van der Waals surface area (Å²) in [4.78, 5) is 22.3. The fraction of sp³-hybridized carbons (Fsp3) is 0.778. The summed E-state index contributed by atoms with van der Waals surface area (Å²) >= 11 is 5.50. The van der Waals surface area contributed by atoms with Crippen LogP contribution in [0.3, 0.4) is 0 Å². The molecule has 2 N–H and O–H groups in total. The summed E-state index contributed by atoms with van der Waals surface area (Å²) < 4.78 is 0. The molecule has 0 aliphatic heterocycles. The number of halogens is 1. The molecule has 80 valence electrons. The van der Waals surface area contributed by atoms with E-state index in [9.17, 15) is 9.59 Å². The van der Waals surface area contributed by atoms with Crippen LogP contribution in [0.15, 0.2) is 0 Å². The van der Waals surface area contributed by atoms with Gasteiger partial charge in [0.2, 0.25) is 5.91 Å². The number of amides is 3. The highest BCUT2D eigenvalue weighted by Crippen LogP contribution is 2.30. The van der Waals surface area contributed by atoms with Crippen molar-refractivity contribution < 1.29 is 9.59 Å². The third-order valence-corrected chi connectivity index (χ3v) is 2.67. The van der Waals surface area contributed by atoms with E-state index in [-0.39, 0.29) is 5.54 Å². The molecule has 0 aromatic carbocycles. The van der Waals surface area contributed by atoms with Gasteiger partial charge in [-0.1, -0.05) is 0 Å². The number of nitrogens with one attached hydrogen (secondary N) is 2. The van der Waals surface area contributed by atoms with Crippen LogP contribution in [-0.2, 0) is 4.79 Å². The van der Waals surface area contributed by atoms with Crippen molar-refractivity contribution in [1.82, 2.24) is 10.6 Å². The highest BCUT2D eigenvalue weighted by atomic mass is 35.5. The lowest BCUT2D eigenvalue weighted by molar-refractivity contribution is -0.119. The van der Waals surface area contributed by atoms with E-state index in [1.807, 2.05) is 6.92 Å². The highest BCUT2D eigenvalue weighted by Gasteiger charge is 2.33. The van der Waals surface area contributed by atoms with Gasteiger partial charge in [-0.3, -0.25) is 10.1 Å². The van der Waals surface area contributed by atoms with Gasteiger partial charge in [-0.25, -0.2) is 4.79 Å². The first kappa shape index (κ1) is 11.3. The average molecular weight is 219 g/mol. The Balaban J connectivity index is 2.32. The van der Waals surface area contributed by atoms with Crippen molar-refractivity contribution in [3.8, 4) is 0 Å². The van der Waals surface area contributed by atoms with Gasteiger partial charge in [0.15, 0.2) is 0 Å². The molecule has 0 radical (unpaired) electrons. The lowest BCUT2D eigenvalue weighted by Gasteiger charge is -2.38. The lowest BCUT2D eigenvalue weighted by Crippen LogP contribution is -2.55. The number of hydrogen-bond donors (Lipinski definition) is 2. The van der Waals surface area contributed by atoms with Gasteiger partial charge < -0.3 is 5.32 Å². The van der Waals surface area contributed by atoms with Gasteiger partial charge in [0, 0.05) is 5.54 Å². The second-order valence-electron chi connectivity index (χ2n) is 3.97. The molecule has 14 heavy (non-hydrogen) atoms. The largest absolute Gasteiger partial charge is 0.333 e. The van der Waals surface area contributed by atoms with E-state index >= 15 is 0 Å². The summed E-state index contributed by atoms with van der Waals surface area (Å²) in [5, 5.41) is 4.25. The predicted molar refractivity (Wildman–Crippen MR) is 54.2 cm³/mol. The van der Waals surface area contributed by atoms with Crippen molar-refractivity contribution in [3.05, 3.63) is 0 Å². The van der Waals surface area contributed by atoms with Crippen LogP contribution in [0.25, 0.3) is 0 Å². The number of rotatable bonds is 2. The van der Waals surface area contributed by atoms with Gasteiger partial charge >= 0.3 is 6.03 Å². The standard InChI is InChI=1S/C9H15ClN2O2/c1-6(10)7(13)11-8(14)12-9(2)4-3-5-9/h6H,3-5H2,1-2H3,(H2,11,12,13,14). The third kappa shape index (κ3) is 2.87. The van der Waals surface area contributed by atoms with E-state index in [1.54, 1.807) is 0 Å². The SMILES string of the molecule is CC(Cl)C(=O)NC(=O)NC1(C)CCC1. The molecule has 0 saturated heterocycles. The Labute approximate surface area is 88.4 Å². The minimum atomic E-state index is -0.685. The van der Waals surface area contributed by atoms with E-state index in [2.05, 4.69) is 10.6 Å². The Hall–Kier alpha value is -0.770. The van der Waals surface area contributed by atoms with Crippen molar-refractivity contribution >= 4 is 23.5 Å². The van der Waals surface area contributed by atoms with Crippen LogP contribution in [0.2, 0.25) is 0 Å². The predicted octanol–water partition coefficient (Wildman–Crippen LogP) is 1.38. The molecule has 1 unspecified atom stereocenters. The fourth-order valence-corrected chi connectivity index (χ4v) is 1.40. The Kier molecular flexibility index (Phi) is 3.37. The summed E-state index contributed by atoms with van der Waals surface area (Å²) in [6.45, 7) is 3.49. The summed E-state index contributed by atoms with van der Waals surface area (Å²) in [5.41, 5.74) is -0.139. The zero-order valence-corrected chi connectivity index (χ0v) is 9.15. The number of urea groups is 1. The Morgan fingerprint density at radius 2 is 2.00 bits per heavy atom. The molecule has 5 heteroatoms. The summed E-state index contributed by atoms with van der Waals surface area (Å²) in [5.74, 6) is -0.466. The molecule has 1 aliphatic carbocycles. The van der Waals surface area contributed by atoms with Gasteiger partial charge in [-0.15, -0.1) is 11.6 Å². The van der Waals surface area contributed by atoms with Crippen LogP contribution in [0.1, 0.15) is 33.1 Å². The highest BCUT2D eigenvalue weighted by molar-refractivity contribution is 6.31. The molecule has 1 rings (SSSR count). The topological polar surface area (TPSA) is 58.2 Å². The molecule has 1 saturated carbocycles. The zero-order valence-electron chi connectivity index (χ0n) is 8.39. The Bertz CT molecular complexity index is 249. The molecule has 0 heterocycles. The van der Waals surface area contributed by atoms with Crippen LogP contribution >= 0.6 is 11.6 Å². The Morgan fingerprint density at radius 3 is 2.36 bits per heavy atom. The van der Waals surface area contributed by atoms with Crippen molar-refractivity contribution in [2.24, 2.45) is 0 Å². The van der Waals surface area contributed by atoms with Crippen molar-refractivity contribution in [3.63, 3.8) is 0 Å². The monoisotopic (exact) mass is 218 g/mol. The van der Waals surface area contributed by atoms with Gasteiger partial charge in [0.25, 0.3) is 0 Å². The Morgan fingerprint density at radius 1 is 1.43 bits per heavy atom. The summed E-state index contributed by atoms with van der Waals surface area (Å²) in [6, 6.07) is -0.454. The van der Waals surface area contributed by atoms with Crippen LogP contribution in [0.4, 0.5) is 4.79 Å². The lowest BCUT2D eigenvalue weighted by atomic mass is 9.79. The van der Waals surface area contributed by atoms with E-state index in [0.717, 1.165) is 19.3 Å². The van der Waals surface area contributed by atoms with Gasteiger partial charge in [0.05, 0.1) is 0 Å². The molecular weight excluding hydrogens is 204 g/mol. The normalized spacial score (nSPS) is 20.5. The van der Waals surface area contributed by atoms with Crippen LogP contribution in [0.5, 0.6) is 0 Å². The maximum Gasteiger partial charge on any atom is 0.321 e. The molecule has 1 atom stereocenters. The third-order valence-electron chi connectivity index (χ3n) is 2.47. The average Bonchev–Trinajstić information content (AvgIpc) is 2.00. The first-order valence-electron chi connectivity index (χ1n) is 4.70. The molecule has 0 aromatic heterocycles. The van der Waals surface area contributed by atoms with Crippen molar-refractivity contribution in [2.75, 3.05) is 0 Å². The second kappa shape index (κ2) is 4.17. The number of hydrogen-bond acceptors (Lipinski definition) is 2. The molecule has 3 amide bonds. The van der Waals surface area contributed by atoms with E-state index in [1.165, 1.54) is 6.92 Å². The van der Waals surface area contributed by atoms with Crippen molar-refractivity contribution in [1.29, 1.82) is 0 Å². The minimum Gasteiger partial charge on any atom is -0.333 e. The molecule has 1 aliphatic rings. The first-order valence-corrected chi connectivity index (χ1v) is 5.14. The molecule has 4 nitrogen and oxygen atoms in total. The maximum atomic E-state index is 11.3. The molecular formula is C9H15ClN2O2. The smallest absolute Gasteiger partial charge is 0.321 e. The first-order chi connectivity index (χ1) is 6.43. The molecule has 0 aromatic rings. The summed E-state index contributed by atoms with van der Waals surface area (Å²) in [6.07, 6.45) is 3.05. The van der Waals surface area contributed by atoms with E-state index < -0.39 is 17.3 Å². The molecule has 1 fully saturated rings. The van der Waals surface area contributed by atoms with E-state index in [4.69, 9.17) is 11.6 Å². The summed E-state index contributed by atoms with van der Waals surface area (Å²) in [7, 11) is 0.